The van der Waals surface area contributed by atoms with Gasteiger partial charge in [0.15, 0.2) is 0 Å². The van der Waals surface area contributed by atoms with E-state index in [1.807, 2.05) is 19.1 Å². The Morgan fingerprint density at radius 1 is 1.29 bits per heavy atom. The fraction of sp³-hybridized carbons (Fsp3) is 0.312. The van der Waals surface area contributed by atoms with Crippen molar-refractivity contribution in [2.24, 2.45) is 0 Å². The number of pyridine rings is 1. The van der Waals surface area contributed by atoms with Crippen molar-refractivity contribution in [1.82, 2.24) is 10.3 Å². The Kier molecular flexibility index (Phi) is 4.52. The van der Waals surface area contributed by atoms with Crippen LogP contribution in [0.2, 0.25) is 0 Å². The van der Waals surface area contributed by atoms with Gasteiger partial charge in [-0.1, -0.05) is 6.07 Å². The largest absolute Gasteiger partial charge is 0.457 e. The first-order valence-corrected chi connectivity index (χ1v) is 6.78. The van der Waals surface area contributed by atoms with Crippen molar-refractivity contribution >= 4 is 22.8 Å². The molecule has 0 radical (unpaired) electrons. The summed E-state index contributed by atoms with van der Waals surface area (Å²) in [7, 11) is 0. The Morgan fingerprint density at radius 3 is 2.76 bits per heavy atom. The highest BCUT2D eigenvalue weighted by Crippen LogP contribution is 2.16. The van der Waals surface area contributed by atoms with E-state index in [1.54, 1.807) is 25.1 Å². The Hall–Kier alpha value is -2.43. The number of aryl methyl sites for hydroxylation is 1. The number of carbonyl (C=O) groups is 2. The lowest BCUT2D eigenvalue weighted by Gasteiger charge is -2.13. The molecule has 1 aromatic heterocycles. The van der Waals surface area contributed by atoms with Crippen LogP contribution < -0.4 is 5.32 Å². The molecule has 0 aliphatic rings. The highest BCUT2D eigenvalue weighted by Gasteiger charge is 2.13. The van der Waals surface area contributed by atoms with Gasteiger partial charge < -0.3 is 10.1 Å². The third-order valence-corrected chi connectivity index (χ3v) is 3.01. The summed E-state index contributed by atoms with van der Waals surface area (Å²) in [6.45, 7) is 5.38. The van der Waals surface area contributed by atoms with E-state index in [2.05, 4.69) is 10.3 Å². The van der Waals surface area contributed by atoms with Gasteiger partial charge in [0.05, 0.1) is 17.6 Å². The first-order valence-electron chi connectivity index (χ1n) is 6.78. The monoisotopic (exact) mass is 286 g/mol. The van der Waals surface area contributed by atoms with Crippen molar-refractivity contribution in [2.45, 2.75) is 26.9 Å². The van der Waals surface area contributed by atoms with Crippen LogP contribution in [0.15, 0.2) is 30.3 Å². The predicted molar refractivity (Wildman–Crippen MR) is 80.0 cm³/mol. The van der Waals surface area contributed by atoms with E-state index in [0.29, 0.717) is 12.1 Å². The van der Waals surface area contributed by atoms with Gasteiger partial charge in [-0.05, 0) is 38.1 Å². The van der Waals surface area contributed by atoms with E-state index in [1.165, 1.54) is 6.92 Å². The van der Waals surface area contributed by atoms with Crippen molar-refractivity contribution in [3.05, 3.63) is 41.6 Å². The summed E-state index contributed by atoms with van der Waals surface area (Å²) in [6, 6.07) is 9.08. The van der Waals surface area contributed by atoms with Gasteiger partial charge in [-0.2, -0.15) is 0 Å². The molecule has 2 rings (SSSR count). The number of carbonyl (C=O) groups excluding carboxylic acids is 2. The summed E-state index contributed by atoms with van der Waals surface area (Å²) in [6.07, 6.45) is -0.381. The second kappa shape index (κ2) is 6.35. The highest BCUT2D eigenvalue weighted by atomic mass is 16.5. The molecule has 0 aliphatic heterocycles. The maximum Gasteiger partial charge on any atom is 0.338 e. The second-order valence-corrected chi connectivity index (χ2v) is 5.01. The molecule has 1 heterocycles. The summed E-state index contributed by atoms with van der Waals surface area (Å²) in [4.78, 5) is 27.3. The first-order chi connectivity index (χ1) is 9.95. The molecule has 21 heavy (non-hydrogen) atoms. The van der Waals surface area contributed by atoms with Crippen LogP contribution in [0.25, 0.3) is 10.9 Å². The fourth-order valence-corrected chi connectivity index (χ4v) is 1.93. The molecule has 0 saturated carbocycles. The standard InChI is InChI=1S/C16H18N2O3/c1-10-4-5-13-8-14(6-7-15(13)18-10)16(20)21-11(2)9-17-12(3)19/h4-8,11H,9H2,1-3H3,(H,17,19)/t11-/m1/s1. The molecule has 5 nitrogen and oxygen atoms in total. The SMILES string of the molecule is CC(=O)NC[C@@H](C)OC(=O)c1ccc2nc(C)ccc2c1. The quantitative estimate of drug-likeness (QED) is 0.875. The van der Waals surface area contributed by atoms with E-state index < -0.39 is 5.97 Å². The molecule has 0 aliphatic carbocycles. The number of hydrogen-bond donors (Lipinski definition) is 1. The number of aromatic nitrogens is 1. The molecule has 0 fully saturated rings. The summed E-state index contributed by atoms with van der Waals surface area (Å²) >= 11 is 0. The molecule has 0 bridgehead atoms. The molecule has 0 saturated heterocycles. The summed E-state index contributed by atoms with van der Waals surface area (Å²) < 4.78 is 5.29. The molecule has 1 N–H and O–H groups in total. The minimum atomic E-state index is -0.407. The summed E-state index contributed by atoms with van der Waals surface area (Å²) in [5, 5.41) is 3.50. The van der Waals surface area contributed by atoms with Gasteiger partial charge >= 0.3 is 5.97 Å². The molecule has 110 valence electrons. The summed E-state index contributed by atoms with van der Waals surface area (Å²) in [5.74, 6) is -0.555. The van der Waals surface area contributed by atoms with Crippen LogP contribution in [0.4, 0.5) is 0 Å². The number of amides is 1. The highest BCUT2D eigenvalue weighted by molar-refractivity contribution is 5.94. The van der Waals surface area contributed by atoms with Gasteiger partial charge in [0.2, 0.25) is 5.91 Å². The van der Waals surface area contributed by atoms with Crippen LogP contribution in [-0.4, -0.2) is 29.5 Å². The topological polar surface area (TPSA) is 68.3 Å². The Balaban J connectivity index is 2.08. The minimum Gasteiger partial charge on any atom is -0.457 e. The lowest BCUT2D eigenvalue weighted by atomic mass is 10.1. The number of fused-ring (bicyclic) bond motifs is 1. The van der Waals surface area contributed by atoms with E-state index in [4.69, 9.17) is 4.74 Å². The van der Waals surface area contributed by atoms with Crippen molar-refractivity contribution in [2.75, 3.05) is 6.54 Å². The lowest BCUT2D eigenvalue weighted by molar-refractivity contribution is -0.119. The number of benzene rings is 1. The molecule has 1 atom stereocenters. The molecule has 1 amide bonds. The van der Waals surface area contributed by atoms with Crippen molar-refractivity contribution in [3.8, 4) is 0 Å². The molecule has 1 aromatic carbocycles. The van der Waals surface area contributed by atoms with Crippen LogP contribution in [0.5, 0.6) is 0 Å². The van der Waals surface area contributed by atoms with Crippen molar-refractivity contribution < 1.29 is 14.3 Å². The lowest BCUT2D eigenvalue weighted by Crippen LogP contribution is -2.31. The molecule has 2 aromatic rings. The van der Waals surface area contributed by atoms with E-state index >= 15 is 0 Å². The van der Waals surface area contributed by atoms with Gasteiger partial charge in [-0.3, -0.25) is 9.78 Å². The van der Waals surface area contributed by atoms with Crippen LogP contribution in [0.1, 0.15) is 29.9 Å². The van der Waals surface area contributed by atoms with E-state index in [-0.39, 0.29) is 12.0 Å². The zero-order valence-electron chi connectivity index (χ0n) is 12.3. The van der Waals surface area contributed by atoms with Crippen LogP contribution in [0, 0.1) is 6.92 Å². The van der Waals surface area contributed by atoms with Gasteiger partial charge in [-0.25, -0.2) is 4.79 Å². The third kappa shape index (κ3) is 4.02. The average molecular weight is 286 g/mol. The second-order valence-electron chi connectivity index (χ2n) is 5.01. The number of nitrogens with zero attached hydrogens (tertiary/aromatic N) is 1. The normalized spacial score (nSPS) is 12.0. The van der Waals surface area contributed by atoms with Crippen LogP contribution in [-0.2, 0) is 9.53 Å². The Morgan fingerprint density at radius 2 is 2.05 bits per heavy atom. The number of esters is 1. The van der Waals surface area contributed by atoms with Crippen molar-refractivity contribution in [1.29, 1.82) is 0 Å². The van der Waals surface area contributed by atoms with Gasteiger partial charge in [0.1, 0.15) is 6.10 Å². The van der Waals surface area contributed by atoms with E-state index in [0.717, 1.165) is 16.6 Å². The molecular formula is C16H18N2O3. The maximum absolute atomic E-state index is 12.1. The summed E-state index contributed by atoms with van der Waals surface area (Å²) in [5.41, 5.74) is 2.25. The van der Waals surface area contributed by atoms with Crippen molar-refractivity contribution in [3.63, 3.8) is 0 Å². The average Bonchev–Trinajstić information content (AvgIpc) is 2.44. The molecular weight excluding hydrogens is 268 g/mol. The zero-order valence-corrected chi connectivity index (χ0v) is 12.3. The minimum absolute atomic E-state index is 0.148. The third-order valence-electron chi connectivity index (χ3n) is 3.01. The number of hydrogen-bond acceptors (Lipinski definition) is 4. The Labute approximate surface area is 123 Å². The predicted octanol–water partition coefficient (Wildman–Crippen LogP) is 2.22. The molecule has 0 unspecified atom stereocenters. The van der Waals surface area contributed by atoms with Gasteiger partial charge in [0, 0.05) is 18.0 Å². The maximum atomic E-state index is 12.1. The van der Waals surface area contributed by atoms with Crippen LogP contribution >= 0.6 is 0 Å². The molecule has 0 spiro atoms. The van der Waals surface area contributed by atoms with Gasteiger partial charge in [-0.15, -0.1) is 0 Å². The van der Waals surface area contributed by atoms with Gasteiger partial charge in [0.25, 0.3) is 0 Å². The number of ether oxygens (including phenoxy) is 1. The van der Waals surface area contributed by atoms with E-state index in [9.17, 15) is 9.59 Å². The smallest absolute Gasteiger partial charge is 0.338 e. The number of nitrogens with one attached hydrogen (secondary N) is 1. The fourth-order valence-electron chi connectivity index (χ4n) is 1.93. The number of rotatable bonds is 4. The first kappa shape index (κ1) is 15.0. The zero-order chi connectivity index (χ0) is 15.4. The molecule has 5 heteroatoms. The van der Waals surface area contributed by atoms with Crippen LogP contribution in [0.3, 0.4) is 0 Å². The Bertz CT molecular complexity index is 682.